The fourth-order valence-electron chi connectivity index (χ4n) is 4.64. The second-order valence-corrected chi connectivity index (χ2v) is 7.71. The van der Waals surface area contributed by atoms with E-state index in [9.17, 15) is 4.79 Å². The van der Waals surface area contributed by atoms with Crippen LogP contribution in [-0.2, 0) is 4.79 Å². The van der Waals surface area contributed by atoms with Gasteiger partial charge in [0, 0.05) is 36.4 Å². The monoisotopic (exact) mass is 433 g/mol. The van der Waals surface area contributed by atoms with Crippen molar-refractivity contribution in [3.63, 3.8) is 0 Å². The number of carbonyl (C=O) groups excluding carboxylic acids is 1. The summed E-state index contributed by atoms with van der Waals surface area (Å²) in [5, 5.41) is 6.60. The smallest absolute Gasteiger partial charge is 0.234 e. The number of fused-ring (bicyclic) bond motifs is 2. The van der Waals surface area contributed by atoms with Gasteiger partial charge < -0.3 is 10.6 Å². The molecule has 2 aliphatic rings. The van der Waals surface area contributed by atoms with Gasteiger partial charge in [0.2, 0.25) is 11.7 Å². The summed E-state index contributed by atoms with van der Waals surface area (Å²) < 4.78 is 1.90. The maximum atomic E-state index is 13.1. The minimum atomic E-state index is -0.232. The zero-order valence-electron chi connectivity index (χ0n) is 16.0. The molecular weight excluding hydrogens is 409 g/mol. The quantitative estimate of drug-likeness (QED) is 0.655. The molecule has 0 radical (unpaired) electrons. The van der Waals surface area contributed by atoms with E-state index in [1.807, 2.05) is 47.1 Å². The van der Waals surface area contributed by atoms with Crippen molar-refractivity contribution in [3.8, 4) is 11.3 Å². The molecule has 154 valence electrons. The molecule has 1 aromatic carbocycles. The standard InChI is InChI=1S/C21H23N5O.2ClH/c27-19(21-9-2-1-4-16(21)12-22-14-21)24-17-7-5-15(6-8-17)18-13-26-11-3-10-23-20(26)25-18;;/h3,5-8,10-11,13,16,22H,1-2,4,9,12,14H2,(H,24,27);2*1H/t16-,21+;;/m0../s1. The number of halogens is 2. The predicted octanol–water partition coefficient (Wildman–Crippen LogP) is 3.96. The van der Waals surface area contributed by atoms with Crippen LogP contribution in [0.1, 0.15) is 25.7 Å². The summed E-state index contributed by atoms with van der Waals surface area (Å²) >= 11 is 0. The minimum Gasteiger partial charge on any atom is -0.326 e. The van der Waals surface area contributed by atoms with Crippen LogP contribution in [0.15, 0.2) is 48.9 Å². The summed E-state index contributed by atoms with van der Waals surface area (Å²) in [6.07, 6.45) is 10.2. The molecule has 3 aromatic rings. The first-order chi connectivity index (χ1) is 13.2. The van der Waals surface area contributed by atoms with E-state index in [-0.39, 0.29) is 36.1 Å². The highest BCUT2D eigenvalue weighted by atomic mass is 35.5. The van der Waals surface area contributed by atoms with Gasteiger partial charge in [-0.2, -0.15) is 0 Å². The zero-order chi connectivity index (χ0) is 18.3. The van der Waals surface area contributed by atoms with E-state index in [0.717, 1.165) is 49.3 Å². The van der Waals surface area contributed by atoms with Crippen LogP contribution in [0.5, 0.6) is 0 Å². The van der Waals surface area contributed by atoms with E-state index in [4.69, 9.17) is 0 Å². The molecule has 3 heterocycles. The number of carbonyl (C=O) groups is 1. The summed E-state index contributed by atoms with van der Waals surface area (Å²) in [6.45, 7) is 1.77. The lowest BCUT2D eigenvalue weighted by Crippen LogP contribution is -2.44. The Balaban J connectivity index is 0.00000120. The lowest BCUT2D eigenvalue weighted by Gasteiger charge is -2.37. The van der Waals surface area contributed by atoms with E-state index < -0.39 is 0 Å². The van der Waals surface area contributed by atoms with Crippen LogP contribution in [0, 0.1) is 11.3 Å². The first kappa shape index (κ1) is 21.6. The fraction of sp³-hybridized carbons (Fsp3) is 0.381. The summed E-state index contributed by atoms with van der Waals surface area (Å²) in [5.74, 6) is 1.32. The predicted molar refractivity (Wildman–Crippen MR) is 119 cm³/mol. The van der Waals surface area contributed by atoms with E-state index in [0.29, 0.717) is 11.7 Å². The number of aromatic nitrogens is 3. The normalized spacial score (nSPS) is 23.0. The van der Waals surface area contributed by atoms with Crippen molar-refractivity contribution in [1.82, 2.24) is 19.7 Å². The van der Waals surface area contributed by atoms with Crippen LogP contribution < -0.4 is 10.6 Å². The molecule has 6 nitrogen and oxygen atoms in total. The number of benzene rings is 1. The highest BCUT2D eigenvalue weighted by molar-refractivity contribution is 5.96. The van der Waals surface area contributed by atoms with Gasteiger partial charge in [-0.25, -0.2) is 9.97 Å². The SMILES string of the molecule is Cl.Cl.O=C(Nc1ccc(-c2cn3cccnc3n2)cc1)[C@@]12CCCC[C@H]1CNC2. The van der Waals surface area contributed by atoms with Crippen molar-refractivity contribution in [2.45, 2.75) is 25.7 Å². The Morgan fingerprint density at radius 3 is 2.83 bits per heavy atom. The van der Waals surface area contributed by atoms with Gasteiger partial charge in [0.05, 0.1) is 11.1 Å². The zero-order valence-corrected chi connectivity index (χ0v) is 17.6. The van der Waals surface area contributed by atoms with Gasteiger partial charge in [-0.15, -0.1) is 24.8 Å². The topological polar surface area (TPSA) is 71.3 Å². The molecule has 1 aliphatic heterocycles. The Kier molecular flexibility index (Phi) is 6.46. The molecule has 2 N–H and O–H groups in total. The Morgan fingerprint density at radius 1 is 1.21 bits per heavy atom. The average Bonchev–Trinajstić information content (AvgIpc) is 3.33. The second kappa shape index (κ2) is 8.69. The van der Waals surface area contributed by atoms with Crippen molar-refractivity contribution < 1.29 is 4.79 Å². The molecule has 2 aromatic heterocycles. The number of nitrogens with one attached hydrogen (secondary N) is 2. The Bertz CT molecular complexity index is 957. The molecular formula is C21H25Cl2N5O. The first-order valence-corrected chi connectivity index (χ1v) is 9.67. The van der Waals surface area contributed by atoms with Crippen LogP contribution in [0.25, 0.3) is 17.0 Å². The van der Waals surface area contributed by atoms with Gasteiger partial charge in [-0.3, -0.25) is 9.20 Å². The maximum absolute atomic E-state index is 13.1. The van der Waals surface area contributed by atoms with Crippen LogP contribution in [0.4, 0.5) is 5.69 Å². The molecule has 29 heavy (non-hydrogen) atoms. The highest BCUT2D eigenvalue weighted by Gasteiger charge is 2.49. The van der Waals surface area contributed by atoms with E-state index in [1.54, 1.807) is 6.20 Å². The Labute approximate surface area is 182 Å². The number of anilines is 1. The lowest BCUT2D eigenvalue weighted by molar-refractivity contribution is -0.128. The van der Waals surface area contributed by atoms with E-state index in [1.165, 1.54) is 6.42 Å². The number of hydrogen-bond donors (Lipinski definition) is 2. The summed E-state index contributed by atoms with van der Waals surface area (Å²) in [6, 6.07) is 9.80. The van der Waals surface area contributed by atoms with E-state index in [2.05, 4.69) is 20.6 Å². The van der Waals surface area contributed by atoms with Gasteiger partial charge in [0.1, 0.15) is 0 Å². The molecule has 1 amide bonds. The van der Waals surface area contributed by atoms with Gasteiger partial charge in [0.15, 0.2) is 0 Å². The van der Waals surface area contributed by atoms with Crippen molar-refractivity contribution >= 4 is 42.2 Å². The summed E-state index contributed by atoms with van der Waals surface area (Å²) in [4.78, 5) is 21.9. The Hall–Kier alpha value is -2.15. The van der Waals surface area contributed by atoms with Crippen molar-refractivity contribution in [3.05, 3.63) is 48.9 Å². The van der Waals surface area contributed by atoms with Crippen LogP contribution in [0.2, 0.25) is 0 Å². The van der Waals surface area contributed by atoms with Crippen molar-refractivity contribution in [2.24, 2.45) is 11.3 Å². The Morgan fingerprint density at radius 2 is 2.03 bits per heavy atom. The third-order valence-electron chi connectivity index (χ3n) is 6.16. The average molecular weight is 434 g/mol. The molecule has 8 heteroatoms. The lowest BCUT2D eigenvalue weighted by atomic mass is 9.67. The summed E-state index contributed by atoms with van der Waals surface area (Å²) in [7, 11) is 0. The fourth-order valence-corrected chi connectivity index (χ4v) is 4.64. The van der Waals surface area contributed by atoms with Gasteiger partial charge in [0.25, 0.3) is 0 Å². The third kappa shape index (κ3) is 3.84. The maximum Gasteiger partial charge on any atom is 0.234 e. The largest absolute Gasteiger partial charge is 0.326 e. The summed E-state index contributed by atoms with van der Waals surface area (Å²) in [5.41, 5.74) is 2.49. The molecule has 2 fully saturated rings. The molecule has 5 rings (SSSR count). The second-order valence-electron chi connectivity index (χ2n) is 7.71. The molecule has 0 spiro atoms. The molecule has 1 saturated carbocycles. The molecule has 0 bridgehead atoms. The van der Waals surface area contributed by atoms with Gasteiger partial charge in [-0.1, -0.05) is 25.0 Å². The highest BCUT2D eigenvalue weighted by Crippen LogP contribution is 2.44. The van der Waals surface area contributed by atoms with Crippen LogP contribution in [-0.4, -0.2) is 33.4 Å². The molecule has 0 unspecified atom stereocenters. The number of nitrogens with zero attached hydrogens (tertiary/aromatic N) is 3. The van der Waals surface area contributed by atoms with Crippen molar-refractivity contribution in [2.75, 3.05) is 18.4 Å². The molecule has 1 saturated heterocycles. The van der Waals surface area contributed by atoms with E-state index >= 15 is 0 Å². The number of rotatable bonds is 3. The number of imidazole rings is 1. The molecule has 2 atom stereocenters. The van der Waals surface area contributed by atoms with Crippen LogP contribution >= 0.6 is 24.8 Å². The van der Waals surface area contributed by atoms with Crippen LogP contribution in [0.3, 0.4) is 0 Å². The van der Waals surface area contributed by atoms with Gasteiger partial charge in [-0.05, 0) is 43.5 Å². The van der Waals surface area contributed by atoms with Gasteiger partial charge >= 0.3 is 0 Å². The minimum absolute atomic E-state index is 0. The third-order valence-corrected chi connectivity index (χ3v) is 6.16. The van der Waals surface area contributed by atoms with Crippen molar-refractivity contribution in [1.29, 1.82) is 0 Å². The molecule has 1 aliphatic carbocycles. The number of hydrogen-bond acceptors (Lipinski definition) is 4. The first-order valence-electron chi connectivity index (χ1n) is 9.67. The number of amides is 1.